The molecule has 0 atom stereocenters. The maximum atomic E-state index is 13.8. The van der Waals surface area contributed by atoms with E-state index >= 15 is 0 Å². The summed E-state index contributed by atoms with van der Waals surface area (Å²) in [5.41, 5.74) is 4.93. The average molecular weight is 623 g/mol. The minimum absolute atomic E-state index is 0.0402. The first-order chi connectivity index (χ1) is 23.0. The van der Waals surface area contributed by atoms with Gasteiger partial charge in [-0.05, 0) is 53.4 Å². The van der Waals surface area contributed by atoms with E-state index in [-0.39, 0.29) is 24.8 Å². The number of fused-ring (bicyclic) bond motifs is 2. The molecule has 0 saturated carbocycles. The van der Waals surface area contributed by atoms with Gasteiger partial charge in [-0.1, -0.05) is 97.1 Å². The van der Waals surface area contributed by atoms with Crippen LogP contribution < -0.4 is 4.74 Å². The van der Waals surface area contributed by atoms with E-state index in [9.17, 15) is 14.3 Å². The Hall–Kier alpha value is -5.95. The molecule has 0 saturated heterocycles. The number of rotatable bonds is 9. The van der Waals surface area contributed by atoms with Crippen LogP contribution in [0.3, 0.4) is 0 Å². The highest BCUT2D eigenvalue weighted by atomic mass is 19.1. The van der Waals surface area contributed by atoms with Gasteiger partial charge >= 0.3 is 5.97 Å². The molecule has 0 unspecified atom stereocenters. The number of benzene rings is 5. The second-order valence-electron chi connectivity index (χ2n) is 11.2. The van der Waals surface area contributed by atoms with Crippen molar-refractivity contribution in [3.8, 4) is 22.8 Å². The Morgan fingerprint density at radius 1 is 0.830 bits per heavy atom. The van der Waals surface area contributed by atoms with E-state index in [1.54, 1.807) is 42.0 Å². The van der Waals surface area contributed by atoms with Gasteiger partial charge in [-0.15, -0.1) is 0 Å². The van der Waals surface area contributed by atoms with Gasteiger partial charge in [0.1, 0.15) is 17.4 Å². The number of pyridine rings is 1. The standard InChI is InChI=1S/C40H31FN2O4/c1-2-46-40(45)31-17-10-9-16-30(31)34-32-18-11-23-42-36(32)38(47-37(27-12-5-3-6-13-27)28-14-7-4-8-15-28)35-33(34)25-43(39(35)44)24-26-19-21-29(41)22-20-26/h3-23,25,37,44H,2,24H2,1H3. The predicted octanol–water partition coefficient (Wildman–Crippen LogP) is 9.09. The molecule has 2 heterocycles. The van der Waals surface area contributed by atoms with Crippen LogP contribution in [0.5, 0.6) is 11.6 Å². The summed E-state index contributed by atoms with van der Waals surface area (Å²) >= 11 is 0. The number of ether oxygens (including phenoxy) is 2. The van der Waals surface area contributed by atoms with E-state index in [0.717, 1.165) is 22.1 Å². The number of hydrogen-bond acceptors (Lipinski definition) is 5. The third-order valence-corrected chi connectivity index (χ3v) is 8.24. The Morgan fingerprint density at radius 2 is 1.49 bits per heavy atom. The molecule has 0 spiro atoms. The molecule has 2 aromatic heterocycles. The average Bonchev–Trinajstić information content (AvgIpc) is 3.43. The molecule has 7 aromatic rings. The lowest BCUT2D eigenvalue weighted by Crippen LogP contribution is -2.10. The zero-order valence-electron chi connectivity index (χ0n) is 25.6. The van der Waals surface area contributed by atoms with Gasteiger partial charge in [-0.25, -0.2) is 9.18 Å². The van der Waals surface area contributed by atoms with Crippen molar-refractivity contribution in [3.05, 3.63) is 162 Å². The van der Waals surface area contributed by atoms with Crippen LogP contribution in [0.4, 0.5) is 4.39 Å². The third-order valence-electron chi connectivity index (χ3n) is 8.24. The minimum atomic E-state index is -0.525. The Morgan fingerprint density at radius 3 is 2.17 bits per heavy atom. The molecule has 7 heteroatoms. The van der Waals surface area contributed by atoms with Gasteiger partial charge in [0.05, 0.1) is 24.1 Å². The molecule has 0 aliphatic heterocycles. The zero-order valence-corrected chi connectivity index (χ0v) is 25.6. The highest BCUT2D eigenvalue weighted by molar-refractivity contribution is 6.19. The number of carbonyl (C=O) groups is 1. The first-order valence-corrected chi connectivity index (χ1v) is 15.4. The lowest BCUT2D eigenvalue weighted by Gasteiger charge is -2.23. The summed E-state index contributed by atoms with van der Waals surface area (Å²) in [6.45, 7) is 2.27. The van der Waals surface area contributed by atoms with Gasteiger partial charge in [-0.2, -0.15) is 0 Å². The van der Waals surface area contributed by atoms with Crippen LogP contribution in [0, 0.1) is 5.82 Å². The fraction of sp³-hybridized carbons (Fsp3) is 0.100. The molecular formula is C40H31FN2O4. The Kier molecular flexibility index (Phi) is 8.11. The van der Waals surface area contributed by atoms with Crippen LogP contribution >= 0.6 is 0 Å². The number of halogens is 1. The monoisotopic (exact) mass is 622 g/mol. The fourth-order valence-corrected chi connectivity index (χ4v) is 6.11. The Bertz CT molecular complexity index is 2160. The van der Waals surface area contributed by atoms with Crippen LogP contribution in [0.15, 0.2) is 134 Å². The van der Waals surface area contributed by atoms with Gasteiger partial charge in [0.15, 0.2) is 5.75 Å². The molecule has 0 aliphatic rings. The number of aromatic hydroxyl groups is 1. The molecular weight excluding hydrogens is 591 g/mol. The maximum absolute atomic E-state index is 13.8. The van der Waals surface area contributed by atoms with E-state index < -0.39 is 12.1 Å². The van der Waals surface area contributed by atoms with Crippen LogP contribution in [0.1, 0.15) is 40.1 Å². The fourth-order valence-electron chi connectivity index (χ4n) is 6.11. The van der Waals surface area contributed by atoms with E-state index in [1.807, 2.05) is 91.1 Å². The van der Waals surface area contributed by atoms with E-state index in [4.69, 9.17) is 14.5 Å². The number of carbonyl (C=O) groups excluding carboxylic acids is 1. The highest BCUT2D eigenvalue weighted by Crippen LogP contribution is 2.49. The second-order valence-corrected chi connectivity index (χ2v) is 11.2. The van der Waals surface area contributed by atoms with Crippen LogP contribution in [0.2, 0.25) is 0 Å². The Labute approximate surface area is 271 Å². The van der Waals surface area contributed by atoms with Crippen LogP contribution in [-0.2, 0) is 11.3 Å². The van der Waals surface area contributed by atoms with Crippen LogP contribution in [-0.4, -0.2) is 27.2 Å². The first-order valence-electron chi connectivity index (χ1n) is 15.4. The summed E-state index contributed by atoms with van der Waals surface area (Å²) in [6.07, 6.45) is 3.02. The second kappa shape index (κ2) is 12.8. The molecule has 0 fully saturated rings. The van der Waals surface area contributed by atoms with Gasteiger partial charge in [0, 0.05) is 28.7 Å². The van der Waals surface area contributed by atoms with Gasteiger partial charge < -0.3 is 19.1 Å². The number of aromatic nitrogens is 2. The predicted molar refractivity (Wildman–Crippen MR) is 181 cm³/mol. The van der Waals surface area contributed by atoms with Crippen molar-refractivity contribution in [3.63, 3.8) is 0 Å². The summed E-state index contributed by atoms with van der Waals surface area (Å²) in [5.74, 6) is -0.422. The number of nitrogens with zero attached hydrogens (tertiary/aromatic N) is 2. The molecule has 1 N–H and O–H groups in total. The topological polar surface area (TPSA) is 73.6 Å². The zero-order chi connectivity index (χ0) is 32.3. The van der Waals surface area contributed by atoms with Crippen molar-refractivity contribution >= 4 is 27.6 Å². The molecule has 0 radical (unpaired) electrons. The largest absolute Gasteiger partial charge is 0.494 e. The van der Waals surface area contributed by atoms with Crippen molar-refractivity contribution in [2.45, 2.75) is 19.6 Å². The molecule has 47 heavy (non-hydrogen) atoms. The van der Waals surface area contributed by atoms with Crippen molar-refractivity contribution in [2.24, 2.45) is 0 Å². The SMILES string of the molecule is CCOC(=O)c1ccccc1-c1c2cccnc2c(OC(c2ccccc2)c2ccccc2)c2c(O)n(Cc3ccc(F)cc3)cc12. The van der Waals surface area contributed by atoms with E-state index in [2.05, 4.69) is 0 Å². The quantitative estimate of drug-likeness (QED) is 0.163. The summed E-state index contributed by atoms with van der Waals surface area (Å²) < 4.78 is 27.9. The van der Waals surface area contributed by atoms with E-state index in [1.165, 1.54) is 12.1 Å². The smallest absolute Gasteiger partial charge is 0.338 e. The van der Waals surface area contributed by atoms with Crippen molar-refractivity contribution in [1.29, 1.82) is 0 Å². The van der Waals surface area contributed by atoms with E-state index in [0.29, 0.717) is 38.7 Å². The van der Waals surface area contributed by atoms with Crippen molar-refractivity contribution in [2.75, 3.05) is 6.61 Å². The molecule has 0 amide bonds. The molecule has 6 nitrogen and oxygen atoms in total. The van der Waals surface area contributed by atoms with Crippen molar-refractivity contribution in [1.82, 2.24) is 9.55 Å². The van der Waals surface area contributed by atoms with Gasteiger partial charge in [0.25, 0.3) is 0 Å². The normalized spacial score (nSPS) is 11.3. The Balaban J connectivity index is 1.53. The van der Waals surface area contributed by atoms with Crippen LogP contribution in [0.25, 0.3) is 32.8 Å². The summed E-state index contributed by atoms with van der Waals surface area (Å²) in [6, 6.07) is 37.0. The van der Waals surface area contributed by atoms with Crippen molar-refractivity contribution < 1.29 is 23.8 Å². The maximum Gasteiger partial charge on any atom is 0.338 e. The summed E-state index contributed by atoms with van der Waals surface area (Å²) in [7, 11) is 0. The lowest BCUT2D eigenvalue weighted by molar-refractivity contribution is 0.0527. The third kappa shape index (κ3) is 5.68. The minimum Gasteiger partial charge on any atom is -0.494 e. The summed E-state index contributed by atoms with van der Waals surface area (Å²) in [4.78, 5) is 18.0. The lowest BCUT2D eigenvalue weighted by atomic mass is 9.92. The van der Waals surface area contributed by atoms with Gasteiger partial charge in [-0.3, -0.25) is 4.98 Å². The van der Waals surface area contributed by atoms with Gasteiger partial charge in [0.2, 0.25) is 5.88 Å². The number of hydrogen-bond donors (Lipinski definition) is 1. The molecule has 7 rings (SSSR count). The first kappa shape index (κ1) is 29.7. The highest BCUT2D eigenvalue weighted by Gasteiger charge is 2.28. The molecule has 0 aliphatic carbocycles. The molecule has 232 valence electrons. The number of esters is 1. The molecule has 0 bridgehead atoms. The molecule has 5 aromatic carbocycles. The summed E-state index contributed by atoms with van der Waals surface area (Å²) in [5, 5.41) is 13.9.